The van der Waals surface area contributed by atoms with Gasteiger partial charge >= 0.3 is 0 Å². The number of nitrogens with zero attached hydrogens (tertiary/aromatic N) is 2. The highest BCUT2D eigenvalue weighted by atomic mass is 19.1. The Morgan fingerprint density at radius 1 is 1.14 bits per heavy atom. The van der Waals surface area contributed by atoms with E-state index in [1.165, 1.54) is 39.7 Å². The summed E-state index contributed by atoms with van der Waals surface area (Å²) in [5, 5.41) is 0. The second-order valence-corrected chi connectivity index (χ2v) is 4.18. The van der Waals surface area contributed by atoms with E-state index >= 15 is 0 Å². The van der Waals surface area contributed by atoms with Gasteiger partial charge in [-0.25, -0.2) is 9.37 Å². The summed E-state index contributed by atoms with van der Waals surface area (Å²) in [7, 11) is 4.33. The van der Waals surface area contributed by atoms with Crippen molar-refractivity contribution in [2.24, 2.45) is 5.73 Å². The number of hydrogen-bond acceptors (Lipinski definition) is 6. The molecular weight excluding hydrogens is 277 g/mol. The number of ether oxygens (including phenoxy) is 3. The summed E-state index contributed by atoms with van der Waals surface area (Å²) in [4.78, 5) is 8.33. The number of rotatable bonds is 5. The molecule has 0 amide bonds. The molecular formula is C14H16FN3O3. The maximum absolute atomic E-state index is 13.4. The van der Waals surface area contributed by atoms with Crippen molar-refractivity contribution in [1.29, 1.82) is 0 Å². The summed E-state index contributed by atoms with van der Waals surface area (Å²) >= 11 is 0. The lowest BCUT2D eigenvalue weighted by atomic mass is 10.0. The molecule has 1 aromatic carbocycles. The SMILES string of the molecule is COc1cnc(C(N)c2ccc(F)c(OC)c2)c(OC)n1. The number of methoxy groups -OCH3 is 3. The highest BCUT2D eigenvalue weighted by Crippen LogP contribution is 2.29. The molecule has 0 aliphatic carbocycles. The molecule has 1 atom stereocenters. The van der Waals surface area contributed by atoms with E-state index in [9.17, 15) is 4.39 Å². The van der Waals surface area contributed by atoms with Crippen molar-refractivity contribution in [3.8, 4) is 17.5 Å². The van der Waals surface area contributed by atoms with Gasteiger partial charge in [0.2, 0.25) is 11.8 Å². The zero-order valence-electron chi connectivity index (χ0n) is 12.0. The van der Waals surface area contributed by atoms with E-state index in [2.05, 4.69) is 9.97 Å². The van der Waals surface area contributed by atoms with E-state index < -0.39 is 11.9 Å². The van der Waals surface area contributed by atoms with Gasteiger partial charge in [0.15, 0.2) is 11.6 Å². The van der Waals surface area contributed by atoms with E-state index in [1.807, 2.05) is 0 Å². The first-order valence-electron chi connectivity index (χ1n) is 6.14. The number of halogens is 1. The van der Waals surface area contributed by atoms with Gasteiger partial charge in [0.25, 0.3) is 0 Å². The van der Waals surface area contributed by atoms with Gasteiger partial charge in [-0.2, -0.15) is 4.98 Å². The molecule has 0 saturated carbocycles. The van der Waals surface area contributed by atoms with Gasteiger partial charge in [-0.1, -0.05) is 6.07 Å². The third-order valence-electron chi connectivity index (χ3n) is 2.98. The zero-order chi connectivity index (χ0) is 15.4. The molecule has 0 spiro atoms. The number of aromatic nitrogens is 2. The molecule has 1 aromatic heterocycles. The van der Waals surface area contributed by atoms with Crippen LogP contribution in [0.3, 0.4) is 0 Å². The molecule has 112 valence electrons. The van der Waals surface area contributed by atoms with Crippen molar-refractivity contribution in [3.63, 3.8) is 0 Å². The summed E-state index contributed by atoms with van der Waals surface area (Å²) < 4.78 is 28.5. The second kappa shape index (κ2) is 6.36. The highest BCUT2D eigenvalue weighted by Gasteiger charge is 2.19. The molecule has 0 fully saturated rings. The van der Waals surface area contributed by atoms with Crippen LogP contribution in [0.4, 0.5) is 4.39 Å². The maximum Gasteiger partial charge on any atom is 0.240 e. The minimum atomic E-state index is -0.632. The Hall–Kier alpha value is -2.41. The minimum Gasteiger partial charge on any atom is -0.494 e. The molecule has 1 unspecified atom stereocenters. The molecule has 0 saturated heterocycles. The third kappa shape index (κ3) is 3.03. The van der Waals surface area contributed by atoms with Crippen molar-refractivity contribution in [2.75, 3.05) is 21.3 Å². The number of hydrogen-bond donors (Lipinski definition) is 1. The molecule has 1 heterocycles. The highest BCUT2D eigenvalue weighted by molar-refractivity contribution is 5.38. The van der Waals surface area contributed by atoms with Crippen LogP contribution in [0, 0.1) is 5.82 Å². The molecule has 0 bridgehead atoms. The Labute approximate surface area is 121 Å². The average Bonchev–Trinajstić information content (AvgIpc) is 2.54. The van der Waals surface area contributed by atoms with Crippen molar-refractivity contribution in [3.05, 3.63) is 41.5 Å². The fourth-order valence-corrected chi connectivity index (χ4v) is 1.86. The van der Waals surface area contributed by atoms with Gasteiger partial charge in [0, 0.05) is 0 Å². The van der Waals surface area contributed by atoms with E-state index in [-0.39, 0.29) is 11.6 Å². The third-order valence-corrected chi connectivity index (χ3v) is 2.98. The molecule has 21 heavy (non-hydrogen) atoms. The van der Waals surface area contributed by atoms with Crippen LogP contribution in [-0.4, -0.2) is 31.3 Å². The van der Waals surface area contributed by atoms with Crippen molar-refractivity contribution >= 4 is 0 Å². The normalized spacial score (nSPS) is 11.9. The Balaban J connectivity index is 2.41. The number of benzene rings is 1. The van der Waals surface area contributed by atoms with Gasteiger partial charge in [0.1, 0.15) is 5.69 Å². The first-order chi connectivity index (χ1) is 10.1. The Bertz CT molecular complexity index is 637. The first-order valence-corrected chi connectivity index (χ1v) is 6.14. The Morgan fingerprint density at radius 3 is 2.52 bits per heavy atom. The summed E-state index contributed by atoms with van der Waals surface area (Å²) in [6, 6.07) is 3.74. The van der Waals surface area contributed by atoms with E-state index in [4.69, 9.17) is 19.9 Å². The monoisotopic (exact) mass is 293 g/mol. The molecule has 2 rings (SSSR count). The minimum absolute atomic E-state index is 0.114. The van der Waals surface area contributed by atoms with Gasteiger partial charge < -0.3 is 19.9 Å². The van der Waals surface area contributed by atoms with Crippen LogP contribution in [0.15, 0.2) is 24.4 Å². The van der Waals surface area contributed by atoms with Crippen molar-refractivity contribution in [2.45, 2.75) is 6.04 Å². The predicted molar refractivity (Wildman–Crippen MR) is 74.1 cm³/mol. The van der Waals surface area contributed by atoms with Crippen LogP contribution in [0.1, 0.15) is 17.3 Å². The van der Waals surface area contributed by atoms with Crippen molar-refractivity contribution in [1.82, 2.24) is 9.97 Å². The second-order valence-electron chi connectivity index (χ2n) is 4.18. The topological polar surface area (TPSA) is 79.5 Å². The molecule has 2 N–H and O–H groups in total. The molecule has 2 aromatic rings. The van der Waals surface area contributed by atoms with Crippen LogP contribution >= 0.6 is 0 Å². The largest absolute Gasteiger partial charge is 0.494 e. The van der Waals surface area contributed by atoms with E-state index in [1.54, 1.807) is 6.07 Å². The predicted octanol–water partition coefficient (Wildman–Crippen LogP) is 1.69. The lowest BCUT2D eigenvalue weighted by molar-refractivity contribution is 0.355. The number of nitrogens with two attached hydrogens (primary N) is 1. The van der Waals surface area contributed by atoms with Crippen LogP contribution in [0.5, 0.6) is 17.5 Å². The fourth-order valence-electron chi connectivity index (χ4n) is 1.86. The van der Waals surface area contributed by atoms with E-state index in [0.29, 0.717) is 17.1 Å². The Kier molecular flexibility index (Phi) is 4.54. The maximum atomic E-state index is 13.4. The summed E-state index contributed by atoms with van der Waals surface area (Å²) in [5.74, 6) is 0.231. The van der Waals surface area contributed by atoms with Gasteiger partial charge in [0.05, 0.1) is 33.6 Å². The first kappa shape index (κ1) is 15.0. The lowest BCUT2D eigenvalue weighted by Gasteiger charge is -2.15. The van der Waals surface area contributed by atoms with Gasteiger partial charge in [-0.05, 0) is 17.7 Å². The average molecular weight is 293 g/mol. The lowest BCUT2D eigenvalue weighted by Crippen LogP contribution is -2.16. The quantitative estimate of drug-likeness (QED) is 0.903. The molecule has 7 heteroatoms. The van der Waals surface area contributed by atoms with Crippen LogP contribution in [0.2, 0.25) is 0 Å². The van der Waals surface area contributed by atoms with Crippen molar-refractivity contribution < 1.29 is 18.6 Å². The molecule has 6 nitrogen and oxygen atoms in total. The smallest absolute Gasteiger partial charge is 0.240 e. The van der Waals surface area contributed by atoms with Crippen LogP contribution in [0.25, 0.3) is 0 Å². The van der Waals surface area contributed by atoms with Crippen LogP contribution in [-0.2, 0) is 0 Å². The standard InChI is InChI=1S/C14H16FN3O3/c1-19-10-6-8(4-5-9(10)15)12(16)13-14(21-3)18-11(20-2)7-17-13/h4-7,12H,16H2,1-3H3. The summed E-state index contributed by atoms with van der Waals surface area (Å²) in [6.45, 7) is 0. The van der Waals surface area contributed by atoms with E-state index in [0.717, 1.165) is 0 Å². The van der Waals surface area contributed by atoms with Crippen LogP contribution < -0.4 is 19.9 Å². The Morgan fingerprint density at radius 2 is 1.90 bits per heavy atom. The zero-order valence-corrected chi connectivity index (χ0v) is 12.0. The summed E-state index contributed by atoms with van der Waals surface area (Å²) in [5.41, 5.74) is 7.21. The molecule has 0 radical (unpaired) electrons. The van der Waals surface area contributed by atoms with Gasteiger partial charge in [-0.15, -0.1) is 0 Å². The van der Waals surface area contributed by atoms with Gasteiger partial charge in [-0.3, -0.25) is 0 Å². The molecule has 0 aliphatic rings. The summed E-state index contributed by atoms with van der Waals surface area (Å²) in [6.07, 6.45) is 1.44. The molecule has 0 aliphatic heterocycles. The fraction of sp³-hybridized carbons (Fsp3) is 0.286.